The molecular formula is C15H27N3O3. The molecule has 1 saturated carbocycles. The SMILES string of the molecule is O=C(CC1(C(=O)O)CCCCC1)NCCN1CCNCC1. The second kappa shape index (κ2) is 7.75. The molecule has 1 aliphatic heterocycles. The molecule has 21 heavy (non-hydrogen) atoms. The molecule has 3 N–H and O–H groups in total. The molecule has 2 fully saturated rings. The number of hydrogen-bond donors (Lipinski definition) is 3. The van der Waals surface area contributed by atoms with Gasteiger partial charge in [0.15, 0.2) is 0 Å². The quantitative estimate of drug-likeness (QED) is 0.662. The normalized spacial score (nSPS) is 22.7. The average Bonchev–Trinajstić information content (AvgIpc) is 2.49. The molecule has 2 aliphatic rings. The minimum absolute atomic E-state index is 0.116. The Morgan fingerprint density at radius 1 is 1.14 bits per heavy atom. The highest BCUT2D eigenvalue weighted by atomic mass is 16.4. The molecule has 0 unspecified atom stereocenters. The van der Waals surface area contributed by atoms with Crippen molar-refractivity contribution in [1.82, 2.24) is 15.5 Å². The van der Waals surface area contributed by atoms with E-state index in [2.05, 4.69) is 15.5 Å². The highest BCUT2D eigenvalue weighted by Crippen LogP contribution is 2.39. The van der Waals surface area contributed by atoms with Crippen molar-refractivity contribution in [2.45, 2.75) is 38.5 Å². The van der Waals surface area contributed by atoms with E-state index in [-0.39, 0.29) is 12.3 Å². The zero-order chi connectivity index (χ0) is 15.1. The summed E-state index contributed by atoms with van der Waals surface area (Å²) in [6.45, 7) is 5.46. The van der Waals surface area contributed by atoms with E-state index >= 15 is 0 Å². The summed E-state index contributed by atoms with van der Waals surface area (Å²) in [7, 11) is 0. The van der Waals surface area contributed by atoms with E-state index in [4.69, 9.17) is 0 Å². The van der Waals surface area contributed by atoms with Crippen LogP contribution in [0.4, 0.5) is 0 Å². The number of rotatable bonds is 6. The van der Waals surface area contributed by atoms with Gasteiger partial charge < -0.3 is 15.7 Å². The van der Waals surface area contributed by atoms with Gasteiger partial charge in [0.2, 0.25) is 5.91 Å². The summed E-state index contributed by atoms with van der Waals surface area (Å²) in [6.07, 6.45) is 4.31. The van der Waals surface area contributed by atoms with Crippen LogP contribution in [-0.4, -0.2) is 61.2 Å². The maximum atomic E-state index is 12.1. The summed E-state index contributed by atoms with van der Waals surface area (Å²) in [5.74, 6) is -0.922. The van der Waals surface area contributed by atoms with E-state index in [1.807, 2.05) is 0 Å². The van der Waals surface area contributed by atoms with Crippen LogP contribution in [0, 0.1) is 5.41 Å². The third kappa shape index (κ3) is 4.68. The van der Waals surface area contributed by atoms with Gasteiger partial charge in [0, 0.05) is 45.7 Å². The molecule has 0 atom stereocenters. The van der Waals surface area contributed by atoms with Gasteiger partial charge in [-0.3, -0.25) is 14.5 Å². The molecule has 0 aromatic carbocycles. The lowest BCUT2D eigenvalue weighted by atomic mass is 9.71. The molecule has 120 valence electrons. The molecule has 6 nitrogen and oxygen atoms in total. The maximum absolute atomic E-state index is 12.1. The first kappa shape index (κ1) is 16.2. The number of nitrogens with one attached hydrogen (secondary N) is 2. The molecular weight excluding hydrogens is 270 g/mol. The van der Waals surface area contributed by atoms with Crippen molar-refractivity contribution in [2.24, 2.45) is 5.41 Å². The van der Waals surface area contributed by atoms with Crippen LogP contribution in [0.2, 0.25) is 0 Å². The summed E-state index contributed by atoms with van der Waals surface area (Å²) in [5.41, 5.74) is -0.822. The van der Waals surface area contributed by atoms with E-state index in [1.165, 1.54) is 0 Å². The summed E-state index contributed by atoms with van der Waals surface area (Å²) >= 11 is 0. The summed E-state index contributed by atoms with van der Waals surface area (Å²) in [6, 6.07) is 0. The van der Waals surface area contributed by atoms with E-state index in [0.717, 1.165) is 52.0 Å². The van der Waals surface area contributed by atoms with Gasteiger partial charge in [0.25, 0.3) is 0 Å². The lowest BCUT2D eigenvalue weighted by Crippen LogP contribution is -2.46. The van der Waals surface area contributed by atoms with Crippen LogP contribution in [0.3, 0.4) is 0 Å². The first-order valence-corrected chi connectivity index (χ1v) is 8.06. The Balaban J connectivity index is 1.73. The number of carboxylic acids is 1. The van der Waals surface area contributed by atoms with Gasteiger partial charge in [-0.1, -0.05) is 19.3 Å². The van der Waals surface area contributed by atoms with E-state index in [9.17, 15) is 14.7 Å². The zero-order valence-corrected chi connectivity index (χ0v) is 12.7. The molecule has 1 saturated heterocycles. The Morgan fingerprint density at radius 2 is 1.81 bits per heavy atom. The molecule has 1 aliphatic carbocycles. The van der Waals surface area contributed by atoms with Crippen molar-refractivity contribution in [3.05, 3.63) is 0 Å². The van der Waals surface area contributed by atoms with Gasteiger partial charge in [-0.2, -0.15) is 0 Å². The minimum atomic E-state index is -0.822. The number of aliphatic carboxylic acids is 1. The number of amides is 1. The summed E-state index contributed by atoms with van der Waals surface area (Å²) in [5, 5.41) is 15.7. The van der Waals surface area contributed by atoms with Crippen LogP contribution in [0.25, 0.3) is 0 Å². The van der Waals surface area contributed by atoms with Gasteiger partial charge in [-0.25, -0.2) is 0 Å². The van der Waals surface area contributed by atoms with Gasteiger partial charge in [0.05, 0.1) is 5.41 Å². The largest absolute Gasteiger partial charge is 0.481 e. The number of carboxylic acid groups (broad SMARTS) is 1. The highest BCUT2D eigenvalue weighted by molar-refractivity contribution is 5.85. The minimum Gasteiger partial charge on any atom is -0.481 e. The number of carbonyl (C=O) groups excluding carboxylic acids is 1. The Bertz CT molecular complexity index is 361. The van der Waals surface area contributed by atoms with Gasteiger partial charge >= 0.3 is 5.97 Å². The van der Waals surface area contributed by atoms with Gasteiger partial charge in [-0.05, 0) is 12.8 Å². The van der Waals surface area contributed by atoms with E-state index in [0.29, 0.717) is 19.4 Å². The molecule has 0 spiro atoms. The van der Waals surface area contributed by atoms with Crippen LogP contribution >= 0.6 is 0 Å². The number of hydrogen-bond acceptors (Lipinski definition) is 4. The van der Waals surface area contributed by atoms with Crippen LogP contribution in [0.5, 0.6) is 0 Å². The molecule has 0 bridgehead atoms. The molecule has 1 amide bonds. The topological polar surface area (TPSA) is 81.7 Å². The van der Waals surface area contributed by atoms with Crippen LogP contribution in [0.1, 0.15) is 38.5 Å². The maximum Gasteiger partial charge on any atom is 0.310 e. The fourth-order valence-electron chi connectivity index (χ4n) is 3.35. The van der Waals surface area contributed by atoms with Crippen LogP contribution < -0.4 is 10.6 Å². The Morgan fingerprint density at radius 3 is 2.43 bits per heavy atom. The van der Waals surface area contributed by atoms with Crippen molar-refractivity contribution in [2.75, 3.05) is 39.3 Å². The fourth-order valence-corrected chi connectivity index (χ4v) is 3.35. The predicted molar refractivity (Wildman–Crippen MR) is 80.1 cm³/mol. The average molecular weight is 297 g/mol. The third-order valence-electron chi connectivity index (χ3n) is 4.72. The van der Waals surface area contributed by atoms with Crippen molar-refractivity contribution in [1.29, 1.82) is 0 Å². The number of nitrogens with zero attached hydrogens (tertiary/aromatic N) is 1. The third-order valence-corrected chi connectivity index (χ3v) is 4.72. The Kier molecular flexibility index (Phi) is 5.99. The number of carbonyl (C=O) groups is 2. The first-order chi connectivity index (χ1) is 10.1. The molecule has 6 heteroatoms. The second-order valence-electron chi connectivity index (χ2n) is 6.26. The molecule has 1 heterocycles. The van der Waals surface area contributed by atoms with Crippen molar-refractivity contribution < 1.29 is 14.7 Å². The molecule has 0 aromatic rings. The predicted octanol–water partition coefficient (Wildman–Crippen LogP) is 0.433. The van der Waals surface area contributed by atoms with Crippen molar-refractivity contribution in [3.63, 3.8) is 0 Å². The van der Waals surface area contributed by atoms with Crippen LogP contribution in [0.15, 0.2) is 0 Å². The van der Waals surface area contributed by atoms with Crippen molar-refractivity contribution in [3.8, 4) is 0 Å². The Labute approximate surface area is 126 Å². The molecule has 2 rings (SSSR count). The first-order valence-electron chi connectivity index (χ1n) is 8.06. The monoisotopic (exact) mass is 297 g/mol. The summed E-state index contributed by atoms with van der Waals surface area (Å²) in [4.78, 5) is 25.9. The van der Waals surface area contributed by atoms with E-state index in [1.54, 1.807) is 0 Å². The fraction of sp³-hybridized carbons (Fsp3) is 0.867. The standard InChI is InChI=1S/C15H27N3O3/c19-13(17-8-11-18-9-6-16-7-10-18)12-15(14(20)21)4-2-1-3-5-15/h16H,1-12H2,(H,17,19)(H,20,21). The van der Waals surface area contributed by atoms with Crippen LogP contribution in [-0.2, 0) is 9.59 Å². The summed E-state index contributed by atoms with van der Waals surface area (Å²) < 4.78 is 0. The van der Waals surface area contributed by atoms with Gasteiger partial charge in [-0.15, -0.1) is 0 Å². The van der Waals surface area contributed by atoms with E-state index < -0.39 is 11.4 Å². The Hall–Kier alpha value is -1.14. The second-order valence-corrected chi connectivity index (χ2v) is 6.26. The van der Waals surface area contributed by atoms with Crippen molar-refractivity contribution >= 4 is 11.9 Å². The zero-order valence-electron chi connectivity index (χ0n) is 12.7. The highest BCUT2D eigenvalue weighted by Gasteiger charge is 2.41. The smallest absolute Gasteiger partial charge is 0.310 e. The number of piperazine rings is 1. The lowest BCUT2D eigenvalue weighted by molar-refractivity contribution is -0.154. The molecule has 0 aromatic heterocycles. The lowest BCUT2D eigenvalue weighted by Gasteiger charge is -2.32. The van der Waals surface area contributed by atoms with Gasteiger partial charge in [0.1, 0.15) is 0 Å². The molecule has 0 radical (unpaired) electrons.